The van der Waals surface area contributed by atoms with Gasteiger partial charge in [-0.15, -0.1) is 0 Å². The summed E-state index contributed by atoms with van der Waals surface area (Å²) < 4.78 is 8.79. The minimum absolute atomic E-state index is 0. The Morgan fingerprint density at radius 2 is 0.800 bits per heavy atom. The van der Waals surface area contributed by atoms with E-state index in [2.05, 4.69) is 48.5 Å². The predicted molar refractivity (Wildman–Crippen MR) is 89.0 cm³/mol. The fraction of sp³-hybridized carbons (Fsp3) is 0.812. The first-order chi connectivity index (χ1) is 8.47. The molecule has 0 saturated heterocycles. The van der Waals surface area contributed by atoms with Crippen molar-refractivity contribution in [2.24, 2.45) is 5.92 Å². The third-order valence-electron chi connectivity index (χ3n) is 0.287. The summed E-state index contributed by atoms with van der Waals surface area (Å²) in [6.45, 7) is 20.9. The standard InChI is InChI=1S/C4H10.C3H6O.2C3H6.C2H6.CH4.3W/c1-4(2)3;1-3-4-2;2*1-3-2;1-2;;;;/h4H,1-3H3;1-2H3;2*1-2H3;1-2H3;1H4;;;. The zero-order valence-corrected chi connectivity index (χ0v) is 23.5. The van der Waals surface area contributed by atoms with Crippen molar-refractivity contribution in [1.29, 1.82) is 0 Å². The second kappa shape index (κ2) is 37.1. The van der Waals surface area contributed by atoms with Crippen LogP contribution in [0.3, 0.4) is 0 Å². The second-order valence-electron chi connectivity index (χ2n) is 4.24. The molecule has 0 rings (SSSR count). The first-order valence-electron chi connectivity index (χ1n) is 6.46. The Bertz CT molecular complexity index is 177. The Morgan fingerprint density at radius 3 is 0.800 bits per heavy atom. The predicted octanol–water partition coefficient (Wildman–Crippen LogP) is 5.14. The summed E-state index contributed by atoms with van der Waals surface area (Å²) in [6.07, 6.45) is 0. The van der Waals surface area contributed by atoms with Crippen LogP contribution in [0.15, 0.2) is 0 Å². The molecule has 0 saturated carbocycles. The molecule has 0 aromatic carbocycles. The van der Waals surface area contributed by atoms with Gasteiger partial charge in [-0.25, -0.2) is 0 Å². The van der Waals surface area contributed by atoms with E-state index >= 15 is 0 Å². The molecule has 0 radical (unpaired) electrons. The van der Waals surface area contributed by atoms with Crippen LogP contribution in [0.1, 0.15) is 76.7 Å². The van der Waals surface area contributed by atoms with Crippen molar-refractivity contribution >= 4 is 11.9 Å². The number of methoxy groups -OCH3 is 1. The van der Waals surface area contributed by atoms with E-state index in [0.717, 1.165) is 10.0 Å². The molecule has 0 aromatic rings. The number of hydrogen-bond acceptors (Lipinski definition) is 1. The summed E-state index contributed by atoms with van der Waals surface area (Å²) in [7, 11) is 1.68. The Kier molecular flexibility index (Phi) is 70.0. The van der Waals surface area contributed by atoms with Crippen LogP contribution in [0.25, 0.3) is 0 Å². The van der Waals surface area contributed by atoms with Gasteiger partial charge < -0.3 is 0 Å². The Balaban J connectivity index is -0.0000000310. The zero-order chi connectivity index (χ0) is 17.0. The maximum absolute atomic E-state index is 4.70. The van der Waals surface area contributed by atoms with Gasteiger partial charge in [-0.1, -0.05) is 42.0 Å². The van der Waals surface area contributed by atoms with Gasteiger partial charge >= 0.3 is 116 Å². The fourth-order valence-corrected chi connectivity index (χ4v) is 0. The summed E-state index contributed by atoms with van der Waals surface area (Å²) in [4.78, 5) is 0. The summed E-state index contributed by atoms with van der Waals surface area (Å²) in [5.41, 5.74) is 0. The molecule has 0 unspecified atom stereocenters. The summed E-state index contributed by atoms with van der Waals surface area (Å²) >= 11 is 4.59. The molecule has 0 aliphatic carbocycles. The van der Waals surface area contributed by atoms with Gasteiger partial charge in [0, 0.05) is 0 Å². The van der Waals surface area contributed by atoms with Gasteiger partial charge in [0.05, 0.1) is 0 Å². The van der Waals surface area contributed by atoms with Crippen molar-refractivity contribution in [2.45, 2.75) is 76.7 Å². The molecule has 0 aliphatic heterocycles. The maximum atomic E-state index is 4.70. The molecule has 0 aromatic heterocycles. The van der Waals surface area contributed by atoms with Crippen LogP contribution in [0.2, 0.25) is 0 Å². The summed E-state index contributed by atoms with van der Waals surface area (Å²) in [6, 6.07) is 0. The average molecular weight is 798 g/mol. The molecule has 20 heavy (non-hydrogen) atoms. The van der Waals surface area contributed by atoms with Gasteiger partial charge in [-0.3, -0.25) is 0 Å². The van der Waals surface area contributed by atoms with Crippen molar-refractivity contribution in [3.63, 3.8) is 0 Å². The molecule has 4 heteroatoms. The SMILES string of the molecule is C.CC.CC(C)C.CO[C](C)=[W].C[C](C)=[W].C[C](C)=[W]. The third kappa shape index (κ3) is 516. The van der Waals surface area contributed by atoms with Crippen LogP contribution in [0.5, 0.6) is 0 Å². The van der Waals surface area contributed by atoms with Gasteiger partial charge in [-0.05, 0) is 5.92 Å². The van der Waals surface area contributed by atoms with E-state index < -0.39 is 0 Å². The van der Waals surface area contributed by atoms with Gasteiger partial charge in [0.25, 0.3) is 0 Å². The van der Waals surface area contributed by atoms with Gasteiger partial charge in [0.2, 0.25) is 0 Å². The molecule has 0 bridgehead atoms. The molecule has 0 N–H and O–H groups in total. The molecule has 1 nitrogen and oxygen atoms in total. The van der Waals surface area contributed by atoms with E-state index in [9.17, 15) is 0 Å². The second-order valence-corrected chi connectivity index (χ2v) is 12.2. The molecular formula is C16H38OW3. The quantitative estimate of drug-likeness (QED) is 0.358. The first kappa shape index (κ1) is 37.7. The van der Waals surface area contributed by atoms with Crippen LogP contribution >= 0.6 is 0 Å². The monoisotopic (exact) mass is 798 g/mol. The number of ether oxygens (including phenoxy) is 1. The fourth-order valence-electron chi connectivity index (χ4n) is 0. The van der Waals surface area contributed by atoms with Gasteiger partial charge in [0.15, 0.2) is 0 Å². The Labute approximate surface area is 163 Å². The molecular weight excluding hydrogens is 760 g/mol. The van der Waals surface area contributed by atoms with Crippen molar-refractivity contribution < 1.29 is 62.8 Å². The van der Waals surface area contributed by atoms with Crippen molar-refractivity contribution in [3.8, 4) is 0 Å². The number of hydrogen-bond donors (Lipinski definition) is 0. The normalized spacial score (nSPS) is 6.60. The minimum atomic E-state index is 0. The average Bonchev–Trinajstić information content (AvgIpc) is 2.18. The van der Waals surface area contributed by atoms with E-state index in [1.165, 1.54) is 27.1 Å². The number of rotatable bonds is 1. The van der Waals surface area contributed by atoms with Crippen LogP contribution in [0.4, 0.5) is 0 Å². The Hall–Kier alpha value is 1.63. The van der Waals surface area contributed by atoms with E-state index in [-0.39, 0.29) is 7.43 Å². The van der Waals surface area contributed by atoms with E-state index in [0.29, 0.717) is 0 Å². The summed E-state index contributed by atoms with van der Waals surface area (Å²) in [5.74, 6) is 0.833. The molecule has 0 heterocycles. The van der Waals surface area contributed by atoms with E-state index in [1.54, 1.807) is 45.8 Å². The molecule has 0 atom stereocenters. The van der Waals surface area contributed by atoms with Crippen LogP contribution in [-0.2, 0) is 62.8 Å². The van der Waals surface area contributed by atoms with Crippen molar-refractivity contribution in [2.75, 3.05) is 7.11 Å². The van der Waals surface area contributed by atoms with Crippen LogP contribution < -0.4 is 0 Å². The molecule has 0 amide bonds. The molecule has 0 aliphatic rings. The summed E-state index contributed by atoms with van der Waals surface area (Å²) in [5, 5.41) is 0. The third-order valence-corrected chi connectivity index (χ3v) is 0.886. The van der Waals surface area contributed by atoms with Gasteiger partial charge in [0.1, 0.15) is 0 Å². The van der Waals surface area contributed by atoms with Crippen LogP contribution in [0, 0.1) is 5.92 Å². The molecule has 126 valence electrons. The topological polar surface area (TPSA) is 9.23 Å². The van der Waals surface area contributed by atoms with E-state index in [1.807, 2.05) is 20.8 Å². The van der Waals surface area contributed by atoms with E-state index in [4.69, 9.17) is 4.74 Å². The van der Waals surface area contributed by atoms with Crippen molar-refractivity contribution in [1.82, 2.24) is 0 Å². The Morgan fingerprint density at radius 1 is 0.750 bits per heavy atom. The van der Waals surface area contributed by atoms with Gasteiger partial charge in [-0.2, -0.15) is 0 Å². The van der Waals surface area contributed by atoms with Crippen molar-refractivity contribution in [3.05, 3.63) is 0 Å². The molecule has 0 spiro atoms. The molecule has 0 fully saturated rings. The zero-order valence-electron chi connectivity index (χ0n) is 14.7. The first-order valence-corrected chi connectivity index (χ1v) is 10.9. The van der Waals surface area contributed by atoms with Crippen LogP contribution in [-0.4, -0.2) is 19.0 Å².